The van der Waals surface area contributed by atoms with Gasteiger partial charge in [-0.25, -0.2) is 0 Å². The van der Waals surface area contributed by atoms with Crippen molar-refractivity contribution >= 4 is 10.9 Å². The minimum atomic E-state index is -0.196. The predicted molar refractivity (Wildman–Crippen MR) is 75.8 cm³/mol. The molecule has 0 amide bonds. The number of aliphatic hydroxyl groups excluding tert-OH is 1. The molecule has 102 valence electrons. The second-order valence-corrected chi connectivity index (χ2v) is 5.67. The number of benzene rings is 1. The van der Waals surface area contributed by atoms with Crippen LogP contribution in [0.1, 0.15) is 25.3 Å². The van der Waals surface area contributed by atoms with Crippen LogP contribution in [-0.2, 0) is 6.54 Å². The lowest BCUT2D eigenvalue weighted by molar-refractivity contribution is 0.0599. The van der Waals surface area contributed by atoms with Crippen molar-refractivity contribution in [2.24, 2.45) is 5.92 Å². The van der Waals surface area contributed by atoms with Crippen LogP contribution in [0.2, 0.25) is 0 Å². The van der Waals surface area contributed by atoms with E-state index in [0.29, 0.717) is 5.92 Å². The van der Waals surface area contributed by atoms with Crippen LogP contribution in [0.3, 0.4) is 0 Å². The van der Waals surface area contributed by atoms with Crippen molar-refractivity contribution in [3.63, 3.8) is 0 Å². The van der Waals surface area contributed by atoms with E-state index in [1.807, 2.05) is 13.1 Å². The van der Waals surface area contributed by atoms with Crippen LogP contribution >= 0.6 is 0 Å². The third-order valence-electron chi connectivity index (χ3n) is 4.14. The molecule has 2 atom stereocenters. The summed E-state index contributed by atoms with van der Waals surface area (Å²) in [6.45, 7) is 4.99. The molecule has 1 fully saturated rings. The number of nitrogens with one attached hydrogen (secondary N) is 1. The van der Waals surface area contributed by atoms with E-state index in [-0.39, 0.29) is 6.10 Å². The van der Waals surface area contributed by atoms with Gasteiger partial charge in [-0.15, -0.1) is 0 Å². The maximum Gasteiger partial charge on any atom is 0.0653 e. The summed E-state index contributed by atoms with van der Waals surface area (Å²) in [5.74, 6) is 0.421. The molecule has 1 aliphatic rings. The predicted octanol–water partition coefficient (Wildman–Crippen LogP) is 2.16. The summed E-state index contributed by atoms with van der Waals surface area (Å²) in [5.41, 5.74) is 2.41. The second-order valence-electron chi connectivity index (χ2n) is 5.67. The molecule has 19 heavy (non-hydrogen) atoms. The molecule has 2 aromatic rings. The summed E-state index contributed by atoms with van der Waals surface area (Å²) < 4.78 is 0. The highest BCUT2D eigenvalue weighted by molar-refractivity contribution is 5.78. The third-order valence-corrected chi connectivity index (χ3v) is 4.14. The molecule has 0 radical (unpaired) electrons. The SMILES string of the molecule is C[C@@H](O)[C@H]1CCCN(Cc2ccc3cn[nH]c3c2)C1. The highest BCUT2D eigenvalue weighted by Crippen LogP contribution is 2.22. The van der Waals surface area contributed by atoms with E-state index >= 15 is 0 Å². The summed E-state index contributed by atoms with van der Waals surface area (Å²) >= 11 is 0. The monoisotopic (exact) mass is 259 g/mol. The van der Waals surface area contributed by atoms with Gasteiger partial charge >= 0.3 is 0 Å². The van der Waals surface area contributed by atoms with E-state index in [0.717, 1.165) is 37.0 Å². The lowest BCUT2D eigenvalue weighted by Crippen LogP contribution is -2.38. The van der Waals surface area contributed by atoms with Crippen LogP contribution in [0.15, 0.2) is 24.4 Å². The molecule has 1 saturated heterocycles. The summed E-state index contributed by atoms with van der Waals surface area (Å²) in [6.07, 6.45) is 3.98. The molecule has 2 heterocycles. The number of hydrogen-bond acceptors (Lipinski definition) is 3. The van der Waals surface area contributed by atoms with Crippen molar-refractivity contribution < 1.29 is 5.11 Å². The van der Waals surface area contributed by atoms with E-state index in [9.17, 15) is 5.11 Å². The molecular formula is C15H21N3O. The Morgan fingerprint density at radius 2 is 2.42 bits per heavy atom. The Hall–Kier alpha value is -1.39. The molecule has 2 N–H and O–H groups in total. The van der Waals surface area contributed by atoms with Gasteiger partial charge in [0.15, 0.2) is 0 Å². The van der Waals surface area contributed by atoms with Crippen LogP contribution in [0.4, 0.5) is 0 Å². The molecule has 1 aromatic carbocycles. The number of fused-ring (bicyclic) bond motifs is 1. The van der Waals surface area contributed by atoms with Crippen molar-refractivity contribution in [2.75, 3.05) is 13.1 Å². The largest absolute Gasteiger partial charge is 0.393 e. The molecule has 0 unspecified atom stereocenters. The Balaban J connectivity index is 1.69. The third kappa shape index (κ3) is 2.80. The first-order chi connectivity index (χ1) is 9.22. The minimum Gasteiger partial charge on any atom is -0.393 e. The van der Waals surface area contributed by atoms with Crippen molar-refractivity contribution in [1.29, 1.82) is 0 Å². The first-order valence-corrected chi connectivity index (χ1v) is 7.05. The van der Waals surface area contributed by atoms with Crippen LogP contribution in [0.25, 0.3) is 10.9 Å². The first-order valence-electron chi connectivity index (χ1n) is 7.05. The Labute approximate surface area is 113 Å². The highest BCUT2D eigenvalue weighted by atomic mass is 16.3. The van der Waals surface area contributed by atoms with Crippen molar-refractivity contribution in [3.8, 4) is 0 Å². The maximum absolute atomic E-state index is 9.73. The van der Waals surface area contributed by atoms with E-state index < -0.39 is 0 Å². The number of likely N-dealkylation sites (tertiary alicyclic amines) is 1. The summed E-state index contributed by atoms with van der Waals surface area (Å²) in [6, 6.07) is 6.46. The van der Waals surface area contributed by atoms with Crippen molar-refractivity contribution in [2.45, 2.75) is 32.4 Å². The average molecular weight is 259 g/mol. The lowest BCUT2D eigenvalue weighted by atomic mass is 9.93. The Morgan fingerprint density at radius 3 is 3.26 bits per heavy atom. The van der Waals surface area contributed by atoms with Crippen LogP contribution in [-0.4, -0.2) is 39.4 Å². The van der Waals surface area contributed by atoms with Crippen LogP contribution in [0, 0.1) is 5.92 Å². The molecule has 4 heteroatoms. The molecule has 0 saturated carbocycles. The van der Waals surface area contributed by atoms with E-state index in [2.05, 4.69) is 33.3 Å². The standard InChI is InChI=1S/C15H21N3O/c1-11(19)14-3-2-6-18(10-14)9-12-4-5-13-8-16-17-15(13)7-12/h4-5,7-8,11,14,19H,2-3,6,9-10H2,1H3,(H,16,17)/t11-,14+/m1/s1. The highest BCUT2D eigenvalue weighted by Gasteiger charge is 2.23. The van der Waals surface area contributed by atoms with Crippen molar-refractivity contribution in [1.82, 2.24) is 15.1 Å². The molecule has 3 rings (SSSR count). The van der Waals surface area contributed by atoms with Gasteiger partial charge < -0.3 is 5.11 Å². The fourth-order valence-electron chi connectivity index (χ4n) is 2.97. The van der Waals surface area contributed by atoms with Gasteiger partial charge in [-0.2, -0.15) is 5.10 Å². The zero-order valence-corrected chi connectivity index (χ0v) is 11.3. The zero-order valence-electron chi connectivity index (χ0n) is 11.3. The number of hydrogen-bond donors (Lipinski definition) is 2. The molecule has 0 spiro atoms. The fourth-order valence-corrected chi connectivity index (χ4v) is 2.97. The minimum absolute atomic E-state index is 0.196. The second kappa shape index (κ2) is 5.31. The summed E-state index contributed by atoms with van der Waals surface area (Å²) in [4.78, 5) is 2.44. The summed E-state index contributed by atoms with van der Waals surface area (Å²) in [5, 5.41) is 18.0. The normalized spacial score (nSPS) is 22.7. The number of aromatic nitrogens is 2. The number of aromatic amines is 1. The molecule has 0 aliphatic carbocycles. The Kier molecular flexibility index (Phi) is 3.53. The molecule has 1 aromatic heterocycles. The quantitative estimate of drug-likeness (QED) is 0.888. The number of aliphatic hydroxyl groups is 1. The van der Waals surface area contributed by atoms with E-state index in [1.54, 1.807) is 0 Å². The zero-order chi connectivity index (χ0) is 13.2. The smallest absolute Gasteiger partial charge is 0.0653 e. The van der Waals surface area contributed by atoms with Gasteiger partial charge in [-0.05, 0) is 43.9 Å². The molecule has 4 nitrogen and oxygen atoms in total. The van der Waals surface area contributed by atoms with Gasteiger partial charge in [0, 0.05) is 18.5 Å². The lowest BCUT2D eigenvalue weighted by Gasteiger charge is -2.34. The molecule has 1 aliphatic heterocycles. The summed E-state index contributed by atoms with van der Waals surface area (Å²) in [7, 11) is 0. The number of rotatable bonds is 3. The van der Waals surface area contributed by atoms with Crippen LogP contribution < -0.4 is 0 Å². The number of nitrogens with zero attached hydrogens (tertiary/aromatic N) is 2. The topological polar surface area (TPSA) is 52.1 Å². The molecule has 0 bridgehead atoms. The van der Waals surface area contributed by atoms with Gasteiger partial charge in [0.25, 0.3) is 0 Å². The number of H-pyrrole nitrogens is 1. The average Bonchev–Trinajstić information content (AvgIpc) is 2.86. The van der Waals surface area contributed by atoms with Gasteiger partial charge in [-0.3, -0.25) is 10.00 Å². The fraction of sp³-hybridized carbons (Fsp3) is 0.533. The van der Waals surface area contributed by atoms with Gasteiger partial charge in [0.2, 0.25) is 0 Å². The Bertz CT molecular complexity index is 549. The molecular weight excluding hydrogens is 238 g/mol. The first kappa shape index (κ1) is 12.6. The Morgan fingerprint density at radius 1 is 1.53 bits per heavy atom. The van der Waals surface area contributed by atoms with E-state index in [4.69, 9.17) is 0 Å². The van der Waals surface area contributed by atoms with Gasteiger partial charge in [0.05, 0.1) is 17.8 Å². The van der Waals surface area contributed by atoms with Gasteiger partial charge in [0.1, 0.15) is 0 Å². The number of piperidine rings is 1. The maximum atomic E-state index is 9.73. The van der Waals surface area contributed by atoms with Gasteiger partial charge in [-0.1, -0.05) is 12.1 Å². The van der Waals surface area contributed by atoms with E-state index in [1.165, 1.54) is 12.0 Å². The van der Waals surface area contributed by atoms with Crippen molar-refractivity contribution in [3.05, 3.63) is 30.0 Å². The van der Waals surface area contributed by atoms with Crippen LogP contribution in [0.5, 0.6) is 0 Å².